The first-order valence-electron chi connectivity index (χ1n) is 2.89. The second-order valence-electron chi connectivity index (χ2n) is 2.12. The van der Waals surface area contributed by atoms with Gasteiger partial charge in [-0.15, -0.1) is 0 Å². The molecule has 0 radical (unpaired) electrons. The molecular weight excluding hydrogens is 205 g/mol. The van der Waals surface area contributed by atoms with Gasteiger partial charge in [0.25, 0.3) is 0 Å². The summed E-state index contributed by atoms with van der Waals surface area (Å²) in [7, 11) is -3.93. The summed E-state index contributed by atoms with van der Waals surface area (Å²) in [6.07, 6.45) is 0. The van der Waals surface area contributed by atoms with Crippen LogP contribution in [0.2, 0.25) is 5.02 Å². The second kappa shape index (κ2) is 3.01. The molecule has 6 heteroatoms. The molecule has 0 saturated heterocycles. The van der Waals surface area contributed by atoms with Crippen molar-refractivity contribution in [3.8, 4) is 0 Å². The molecule has 0 amide bonds. The van der Waals surface area contributed by atoms with Crippen molar-refractivity contribution in [1.82, 2.24) is 0 Å². The third-order valence-corrected chi connectivity index (χ3v) is 2.59. The van der Waals surface area contributed by atoms with E-state index in [1.54, 1.807) is 0 Å². The Hall–Kier alpha value is -0.650. The Labute approximate surface area is 74.0 Å². The average Bonchev–Trinajstić information content (AvgIpc) is 1.92. The summed E-state index contributed by atoms with van der Waals surface area (Å²) in [6.45, 7) is 0. The number of benzene rings is 1. The molecule has 12 heavy (non-hydrogen) atoms. The highest BCUT2D eigenvalue weighted by Gasteiger charge is 2.12. The van der Waals surface area contributed by atoms with E-state index in [0.717, 1.165) is 18.2 Å². The van der Waals surface area contributed by atoms with Gasteiger partial charge in [-0.05, 0) is 18.2 Å². The molecule has 66 valence electrons. The topological polar surface area (TPSA) is 60.2 Å². The number of halogens is 2. The quantitative estimate of drug-likeness (QED) is 0.754. The standard InChI is InChI=1S/C6H5ClFNO2S/c7-5-2-1-4(8)3-6(5)12(9,10)11/h1-3H,(H2,9,10,11). The fourth-order valence-corrected chi connectivity index (χ4v) is 1.75. The Morgan fingerprint density at radius 1 is 1.42 bits per heavy atom. The predicted molar refractivity (Wildman–Crippen MR) is 42.8 cm³/mol. The molecule has 0 aliphatic heterocycles. The molecule has 1 rings (SSSR count). The van der Waals surface area contributed by atoms with Gasteiger partial charge in [-0.1, -0.05) is 11.6 Å². The van der Waals surface area contributed by atoms with E-state index >= 15 is 0 Å². The smallest absolute Gasteiger partial charge is 0.225 e. The maximum Gasteiger partial charge on any atom is 0.239 e. The molecule has 0 atom stereocenters. The molecule has 3 nitrogen and oxygen atoms in total. The Morgan fingerprint density at radius 3 is 2.42 bits per heavy atom. The van der Waals surface area contributed by atoms with E-state index in [1.165, 1.54) is 0 Å². The highest BCUT2D eigenvalue weighted by molar-refractivity contribution is 7.89. The minimum atomic E-state index is -3.93. The summed E-state index contributed by atoms with van der Waals surface area (Å²) in [5.41, 5.74) is 0. The van der Waals surface area contributed by atoms with Gasteiger partial charge in [-0.3, -0.25) is 0 Å². The SMILES string of the molecule is NS(=O)(=O)c1cc(F)ccc1Cl. The van der Waals surface area contributed by atoms with Crippen molar-refractivity contribution >= 4 is 21.6 Å². The van der Waals surface area contributed by atoms with Crippen molar-refractivity contribution in [2.75, 3.05) is 0 Å². The molecule has 2 N–H and O–H groups in total. The van der Waals surface area contributed by atoms with Gasteiger partial charge in [0.15, 0.2) is 0 Å². The van der Waals surface area contributed by atoms with Crippen LogP contribution in [0.3, 0.4) is 0 Å². The van der Waals surface area contributed by atoms with E-state index in [4.69, 9.17) is 16.7 Å². The van der Waals surface area contributed by atoms with Crippen LogP contribution in [0.1, 0.15) is 0 Å². The summed E-state index contributed by atoms with van der Waals surface area (Å²) in [5.74, 6) is -0.691. The molecule has 0 heterocycles. The maximum absolute atomic E-state index is 12.5. The van der Waals surface area contributed by atoms with Crippen molar-refractivity contribution in [3.63, 3.8) is 0 Å². The van der Waals surface area contributed by atoms with Crippen LogP contribution >= 0.6 is 11.6 Å². The first kappa shape index (κ1) is 9.44. The number of hydrogen-bond donors (Lipinski definition) is 1. The highest BCUT2D eigenvalue weighted by atomic mass is 35.5. The van der Waals surface area contributed by atoms with Crippen molar-refractivity contribution in [2.24, 2.45) is 5.14 Å². The van der Waals surface area contributed by atoms with Crippen LogP contribution in [0.5, 0.6) is 0 Å². The Morgan fingerprint density at radius 2 is 2.00 bits per heavy atom. The van der Waals surface area contributed by atoms with E-state index in [0.29, 0.717) is 0 Å². The van der Waals surface area contributed by atoms with Crippen molar-refractivity contribution in [3.05, 3.63) is 29.0 Å². The van der Waals surface area contributed by atoms with E-state index in [9.17, 15) is 12.8 Å². The van der Waals surface area contributed by atoms with Crippen LogP contribution in [0.15, 0.2) is 23.1 Å². The molecule has 0 aliphatic carbocycles. The molecule has 0 unspecified atom stereocenters. The second-order valence-corrected chi connectivity index (χ2v) is 4.06. The molecule has 0 aliphatic rings. The molecule has 1 aromatic carbocycles. The van der Waals surface area contributed by atoms with Crippen LogP contribution in [0.4, 0.5) is 4.39 Å². The molecule has 0 aromatic heterocycles. The number of primary sulfonamides is 1. The van der Waals surface area contributed by atoms with Gasteiger partial charge >= 0.3 is 0 Å². The van der Waals surface area contributed by atoms with E-state index < -0.39 is 20.7 Å². The van der Waals surface area contributed by atoms with Crippen LogP contribution < -0.4 is 5.14 Å². The Bertz CT molecular complexity index is 404. The summed E-state index contributed by atoms with van der Waals surface area (Å²) in [5, 5.41) is 4.66. The summed E-state index contributed by atoms with van der Waals surface area (Å²) >= 11 is 5.46. The highest BCUT2D eigenvalue weighted by Crippen LogP contribution is 2.20. The number of sulfonamides is 1. The summed E-state index contributed by atoms with van der Waals surface area (Å²) < 4.78 is 34.0. The molecule has 1 aromatic rings. The average molecular weight is 210 g/mol. The first-order valence-corrected chi connectivity index (χ1v) is 4.81. The van der Waals surface area contributed by atoms with Gasteiger partial charge in [0, 0.05) is 0 Å². The molecule has 0 spiro atoms. The lowest BCUT2D eigenvalue weighted by Crippen LogP contribution is -2.12. The number of hydrogen-bond acceptors (Lipinski definition) is 2. The lowest BCUT2D eigenvalue weighted by Gasteiger charge is -1.99. The molecule has 0 fully saturated rings. The predicted octanol–water partition coefficient (Wildman–Crippen LogP) is 1.13. The summed E-state index contributed by atoms with van der Waals surface area (Å²) in [4.78, 5) is -0.399. The van der Waals surface area contributed by atoms with Crippen molar-refractivity contribution in [1.29, 1.82) is 0 Å². The van der Waals surface area contributed by atoms with Crippen LogP contribution in [-0.2, 0) is 10.0 Å². The normalized spacial score (nSPS) is 11.6. The van der Waals surface area contributed by atoms with Crippen LogP contribution in [-0.4, -0.2) is 8.42 Å². The van der Waals surface area contributed by atoms with Gasteiger partial charge in [0.2, 0.25) is 10.0 Å². The van der Waals surface area contributed by atoms with Crippen LogP contribution in [0.25, 0.3) is 0 Å². The molecule has 0 saturated carbocycles. The number of nitrogens with two attached hydrogens (primary N) is 1. The number of rotatable bonds is 1. The van der Waals surface area contributed by atoms with E-state index in [1.807, 2.05) is 0 Å². The minimum Gasteiger partial charge on any atom is -0.225 e. The zero-order valence-corrected chi connectivity index (χ0v) is 7.36. The maximum atomic E-state index is 12.5. The first-order chi connectivity index (χ1) is 5.41. The fourth-order valence-electron chi connectivity index (χ4n) is 0.695. The van der Waals surface area contributed by atoms with E-state index in [-0.39, 0.29) is 5.02 Å². The lowest BCUT2D eigenvalue weighted by atomic mass is 10.3. The van der Waals surface area contributed by atoms with E-state index in [2.05, 4.69) is 0 Å². The monoisotopic (exact) mass is 209 g/mol. The van der Waals surface area contributed by atoms with Crippen molar-refractivity contribution in [2.45, 2.75) is 4.90 Å². The zero-order valence-electron chi connectivity index (χ0n) is 5.79. The zero-order chi connectivity index (χ0) is 9.35. The van der Waals surface area contributed by atoms with Gasteiger partial charge in [-0.25, -0.2) is 17.9 Å². The van der Waals surface area contributed by atoms with Gasteiger partial charge < -0.3 is 0 Å². The van der Waals surface area contributed by atoms with Gasteiger partial charge in [0.05, 0.1) is 5.02 Å². The summed E-state index contributed by atoms with van der Waals surface area (Å²) in [6, 6.07) is 2.96. The Balaban J connectivity index is 3.43. The molecule has 0 bridgehead atoms. The molecular formula is C6H5ClFNO2S. The third-order valence-electron chi connectivity index (χ3n) is 1.20. The Kier molecular flexibility index (Phi) is 2.36. The van der Waals surface area contributed by atoms with Gasteiger partial charge in [0.1, 0.15) is 10.7 Å². The largest absolute Gasteiger partial charge is 0.239 e. The third kappa shape index (κ3) is 1.94. The van der Waals surface area contributed by atoms with Crippen LogP contribution in [0, 0.1) is 5.82 Å². The van der Waals surface area contributed by atoms with Crippen molar-refractivity contribution < 1.29 is 12.8 Å². The lowest BCUT2D eigenvalue weighted by molar-refractivity contribution is 0.592. The van der Waals surface area contributed by atoms with Gasteiger partial charge in [-0.2, -0.15) is 0 Å². The fraction of sp³-hybridized carbons (Fsp3) is 0. The minimum absolute atomic E-state index is 0.0844.